The van der Waals surface area contributed by atoms with E-state index in [4.69, 9.17) is 16.9 Å². The first-order valence-corrected chi connectivity index (χ1v) is 6.80. The Morgan fingerprint density at radius 3 is 2.90 bits per heavy atom. The van der Waals surface area contributed by atoms with Crippen molar-refractivity contribution in [2.75, 3.05) is 5.32 Å². The van der Waals surface area contributed by atoms with E-state index in [1.165, 1.54) is 6.07 Å². The van der Waals surface area contributed by atoms with E-state index in [0.717, 1.165) is 29.7 Å². The minimum atomic E-state index is -0.141. The summed E-state index contributed by atoms with van der Waals surface area (Å²) >= 11 is 6.16. The summed E-state index contributed by atoms with van der Waals surface area (Å²) in [4.78, 5) is 0. The number of nitrogens with one attached hydrogen (secondary N) is 1. The number of rotatable bonds is 2. The Labute approximate surface area is 121 Å². The molecule has 1 N–H and O–H groups in total. The summed E-state index contributed by atoms with van der Waals surface area (Å²) in [7, 11) is 0. The highest BCUT2D eigenvalue weighted by Crippen LogP contribution is 2.36. The standard InChI is InChI=1S/C16H12ClFN2/c17-13-8-10(9-19)4-6-16(13)20-15-7-5-11-12(15)2-1-3-14(11)18/h1-4,6,8,15,20H,5,7H2. The second-order valence-corrected chi connectivity index (χ2v) is 5.26. The van der Waals surface area contributed by atoms with E-state index in [9.17, 15) is 4.39 Å². The molecule has 2 aromatic carbocycles. The maximum atomic E-state index is 13.7. The van der Waals surface area contributed by atoms with Crippen LogP contribution < -0.4 is 5.32 Å². The number of fused-ring (bicyclic) bond motifs is 1. The van der Waals surface area contributed by atoms with Gasteiger partial charge in [0.15, 0.2) is 0 Å². The molecule has 0 aliphatic heterocycles. The zero-order valence-electron chi connectivity index (χ0n) is 10.7. The largest absolute Gasteiger partial charge is 0.377 e. The second kappa shape index (κ2) is 5.15. The molecule has 1 atom stereocenters. The van der Waals surface area contributed by atoms with Gasteiger partial charge in [-0.25, -0.2) is 4.39 Å². The van der Waals surface area contributed by atoms with Crippen molar-refractivity contribution in [2.24, 2.45) is 0 Å². The molecule has 0 radical (unpaired) electrons. The quantitative estimate of drug-likeness (QED) is 0.885. The van der Waals surface area contributed by atoms with E-state index in [1.54, 1.807) is 24.3 Å². The molecule has 4 heteroatoms. The Hall–Kier alpha value is -2.05. The van der Waals surface area contributed by atoms with Crippen molar-refractivity contribution in [3.05, 3.63) is 63.9 Å². The Morgan fingerprint density at radius 2 is 2.15 bits per heavy atom. The number of nitriles is 1. The van der Waals surface area contributed by atoms with E-state index in [1.807, 2.05) is 12.1 Å². The number of hydrogen-bond acceptors (Lipinski definition) is 2. The molecule has 0 fully saturated rings. The van der Waals surface area contributed by atoms with Crippen LogP contribution in [0.3, 0.4) is 0 Å². The van der Waals surface area contributed by atoms with Crippen LogP contribution in [0.2, 0.25) is 5.02 Å². The van der Waals surface area contributed by atoms with Crippen molar-refractivity contribution < 1.29 is 4.39 Å². The fraction of sp³-hybridized carbons (Fsp3) is 0.188. The van der Waals surface area contributed by atoms with Crippen molar-refractivity contribution in [3.63, 3.8) is 0 Å². The van der Waals surface area contributed by atoms with Gasteiger partial charge in [0.1, 0.15) is 5.82 Å². The molecule has 0 aromatic heterocycles. The summed E-state index contributed by atoms with van der Waals surface area (Å²) in [5, 5.41) is 12.7. The van der Waals surface area contributed by atoms with Gasteiger partial charge in [0.2, 0.25) is 0 Å². The lowest BCUT2D eigenvalue weighted by atomic mass is 10.1. The van der Waals surface area contributed by atoms with Gasteiger partial charge in [0.05, 0.1) is 28.4 Å². The smallest absolute Gasteiger partial charge is 0.126 e. The van der Waals surface area contributed by atoms with Crippen LogP contribution in [0.1, 0.15) is 29.2 Å². The van der Waals surface area contributed by atoms with Crippen LogP contribution in [0.15, 0.2) is 36.4 Å². The summed E-state index contributed by atoms with van der Waals surface area (Å²) in [5.74, 6) is -0.141. The third-order valence-electron chi connectivity index (χ3n) is 3.64. The van der Waals surface area contributed by atoms with Crippen molar-refractivity contribution in [2.45, 2.75) is 18.9 Å². The van der Waals surface area contributed by atoms with Gasteiger partial charge in [0, 0.05) is 0 Å². The van der Waals surface area contributed by atoms with E-state index in [2.05, 4.69) is 5.32 Å². The van der Waals surface area contributed by atoms with E-state index in [0.29, 0.717) is 10.6 Å². The SMILES string of the molecule is N#Cc1ccc(NC2CCc3c(F)cccc32)c(Cl)c1. The second-order valence-electron chi connectivity index (χ2n) is 4.85. The third-order valence-corrected chi connectivity index (χ3v) is 3.95. The molecule has 1 aliphatic rings. The predicted octanol–water partition coefficient (Wildman–Crippen LogP) is 4.45. The lowest BCUT2D eigenvalue weighted by Gasteiger charge is -2.16. The van der Waals surface area contributed by atoms with E-state index >= 15 is 0 Å². The molecular weight excluding hydrogens is 275 g/mol. The van der Waals surface area contributed by atoms with Gasteiger partial charge < -0.3 is 5.32 Å². The van der Waals surface area contributed by atoms with Gasteiger partial charge in [0.25, 0.3) is 0 Å². The summed E-state index contributed by atoms with van der Waals surface area (Å²) in [6.07, 6.45) is 1.57. The number of hydrogen-bond donors (Lipinski definition) is 1. The topological polar surface area (TPSA) is 35.8 Å². The fourth-order valence-electron chi connectivity index (χ4n) is 2.65. The third kappa shape index (κ3) is 2.23. The summed E-state index contributed by atoms with van der Waals surface area (Å²) in [6.45, 7) is 0. The van der Waals surface area contributed by atoms with Crippen LogP contribution in [0.25, 0.3) is 0 Å². The van der Waals surface area contributed by atoms with Crippen LogP contribution >= 0.6 is 11.6 Å². The number of halogens is 2. The van der Waals surface area contributed by atoms with E-state index in [-0.39, 0.29) is 11.9 Å². The average molecular weight is 287 g/mol. The Morgan fingerprint density at radius 1 is 1.30 bits per heavy atom. The highest BCUT2D eigenvalue weighted by atomic mass is 35.5. The van der Waals surface area contributed by atoms with Crippen LogP contribution in [0.4, 0.5) is 10.1 Å². The molecule has 0 spiro atoms. The highest BCUT2D eigenvalue weighted by Gasteiger charge is 2.25. The Kier molecular flexibility index (Phi) is 3.33. The molecule has 1 unspecified atom stereocenters. The first-order chi connectivity index (χ1) is 9.69. The zero-order chi connectivity index (χ0) is 14.1. The first-order valence-electron chi connectivity index (χ1n) is 6.42. The molecule has 0 heterocycles. The van der Waals surface area contributed by atoms with Crippen LogP contribution in [0.5, 0.6) is 0 Å². The molecule has 2 aromatic rings. The minimum Gasteiger partial charge on any atom is -0.377 e. The number of nitrogens with zero attached hydrogens (tertiary/aromatic N) is 1. The molecule has 20 heavy (non-hydrogen) atoms. The zero-order valence-corrected chi connectivity index (χ0v) is 11.4. The first kappa shape index (κ1) is 13.0. The molecule has 0 amide bonds. The lowest BCUT2D eigenvalue weighted by Crippen LogP contribution is -2.07. The van der Waals surface area contributed by atoms with Crippen molar-refractivity contribution in [1.29, 1.82) is 5.26 Å². The average Bonchev–Trinajstić information content (AvgIpc) is 2.86. The minimum absolute atomic E-state index is 0.0612. The fourth-order valence-corrected chi connectivity index (χ4v) is 2.88. The van der Waals surface area contributed by atoms with Crippen molar-refractivity contribution >= 4 is 17.3 Å². The predicted molar refractivity (Wildman–Crippen MR) is 77.3 cm³/mol. The van der Waals surface area contributed by atoms with Gasteiger partial charge in [-0.2, -0.15) is 5.26 Å². The van der Waals surface area contributed by atoms with Crippen molar-refractivity contribution in [1.82, 2.24) is 0 Å². The molecule has 2 nitrogen and oxygen atoms in total. The normalized spacial score (nSPS) is 16.6. The van der Waals surface area contributed by atoms with Crippen LogP contribution in [-0.2, 0) is 6.42 Å². The van der Waals surface area contributed by atoms with Gasteiger partial charge in [-0.3, -0.25) is 0 Å². The van der Waals surface area contributed by atoms with Gasteiger partial charge in [-0.15, -0.1) is 0 Å². The van der Waals surface area contributed by atoms with E-state index < -0.39 is 0 Å². The van der Waals surface area contributed by atoms with Gasteiger partial charge >= 0.3 is 0 Å². The Balaban J connectivity index is 1.88. The maximum Gasteiger partial charge on any atom is 0.126 e. The van der Waals surface area contributed by atoms with Crippen LogP contribution in [0, 0.1) is 17.1 Å². The van der Waals surface area contributed by atoms with Crippen molar-refractivity contribution in [3.8, 4) is 6.07 Å². The molecule has 0 saturated heterocycles. The monoisotopic (exact) mass is 286 g/mol. The van der Waals surface area contributed by atoms with Crippen LogP contribution in [-0.4, -0.2) is 0 Å². The molecular formula is C16H12ClFN2. The number of anilines is 1. The summed E-state index contributed by atoms with van der Waals surface area (Å²) in [5.41, 5.74) is 3.08. The maximum absolute atomic E-state index is 13.7. The molecule has 3 rings (SSSR count). The molecule has 1 aliphatic carbocycles. The summed E-state index contributed by atoms with van der Waals surface area (Å²) < 4.78 is 13.7. The number of benzene rings is 2. The molecule has 0 bridgehead atoms. The molecule has 0 saturated carbocycles. The highest BCUT2D eigenvalue weighted by molar-refractivity contribution is 6.33. The molecule has 100 valence electrons. The Bertz CT molecular complexity index is 706. The van der Waals surface area contributed by atoms with Gasteiger partial charge in [-0.1, -0.05) is 23.7 Å². The summed E-state index contributed by atoms with van der Waals surface area (Å²) in [6, 6.07) is 12.4. The van der Waals surface area contributed by atoms with Gasteiger partial charge in [-0.05, 0) is 48.2 Å². The lowest BCUT2D eigenvalue weighted by molar-refractivity contribution is 0.612.